The third kappa shape index (κ3) is 3.53. The van der Waals surface area contributed by atoms with Gasteiger partial charge in [0.2, 0.25) is 0 Å². The Bertz CT molecular complexity index is 1020. The molecule has 0 bridgehead atoms. The number of piperidine rings is 1. The summed E-state index contributed by atoms with van der Waals surface area (Å²) in [4.78, 5) is 40.9. The van der Waals surface area contributed by atoms with E-state index in [1.54, 1.807) is 0 Å². The van der Waals surface area contributed by atoms with Crippen molar-refractivity contribution in [2.45, 2.75) is 31.8 Å². The van der Waals surface area contributed by atoms with Crippen molar-refractivity contribution >= 4 is 17.8 Å². The number of likely N-dealkylation sites (tertiary alicyclic amines) is 1. The van der Waals surface area contributed by atoms with Gasteiger partial charge in [0.25, 0.3) is 11.8 Å². The average molecular weight is 413 g/mol. The van der Waals surface area contributed by atoms with Crippen LogP contribution in [0, 0.1) is 18.6 Å². The second-order valence-electron chi connectivity index (χ2n) is 7.84. The summed E-state index contributed by atoms with van der Waals surface area (Å²) in [5, 5.41) is 2.74. The van der Waals surface area contributed by atoms with Crippen molar-refractivity contribution in [1.29, 1.82) is 0 Å². The van der Waals surface area contributed by atoms with E-state index in [4.69, 9.17) is 0 Å². The minimum Gasteiger partial charge on any atom is -0.336 e. The van der Waals surface area contributed by atoms with E-state index in [0.717, 1.165) is 34.2 Å². The molecule has 30 heavy (non-hydrogen) atoms. The molecule has 1 atom stereocenters. The van der Waals surface area contributed by atoms with Crippen LogP contribution < -0.4 is 5.32 Å². The second kappa shape index (κ2) is 7.51. The van der Waals surface area contributed by atoms with Gasteiger partial charge >= 0.3 is 6.03 Å². The van der Waals surface area contributed by atoms with Gasteiger partial charge in [-0.1, -0.05) is 29.8 Å². The molecule has 2 aromatic rings. The molecular weight excluding hydrogens is 392 g/mol. The average Bonchev–Trinajstić information content (AvgIpc) is 2.94. The summed E-state index contributed by atoms with van der Waals surface area (Å²) in [7, 11) is 0. The monoisotopic (exact) mass is 413 g/mol. The standard InChI is InChI=1S/C22H21F2N3O3/c1-14-3-5-15(6-4-14)12-27-20(29)22(25-21(27)30)9-2-10-26(13-22)19(28)17-11-16(23)7-8-18(17)24/h3-8,11H,2,9-10,12-13H2,1H3,(H,25,30). The van der Waals surface area contributed by atoms with Crippen LogP contribution in [0.3, 0.4) is 0 Å². The highest BCUT2D eigenvalue weighted by molar-refractivity contribution is 6.07. The van der Waals surface area contributed by atoms with E-state index in [-0.39, 0.29) is 25.2 Å². The second-order valence-corrected chi connectivity index (χ2v) is 7.84. The zero-order chi connectivity index (χ0) is 21.5. The van der Waals surface area contributed by atoms with Crippen molar-refractivity contribution < 1.29 is 23.2 Å². The number of amides is 4. The van der Waals surface area contributed by atoms with Crippen LogP contribution in [-0.2, 0) is 11.3 Å². The maximum Gasteiger partial charge on any atom is 0.325 e. The Kier molecular flexibility index (Phi) is 5.01. The quantitative estimate of drug-likeness (QED) is 0.787. The lowest BCUT2D eigenvalue weighted by Crippen LogP contribution is -2.59. The summed E-state index contributed by atoms with van der Waals surface area (Å²) < 4.78 is 27.6. The van der Waals surface area contributed by atoms with Crippen molar-refractivity contribution in [3.63, 3.8) is 0 Å². The third-order valence-corrected chi connectivity index (χ3v) is 5.65. The Morgan fingerprint density at radius 3 is 2.60 bits per heavy atom. The van der Waals surface area contributed by atoms with Crippen molar-refractivity contribution in [3.05, 3.63) is 70.8 Å². The molecule has 2 fully saturated rings. The summed E-state index contributed by atoms with van der Waals surface area (Å²) in [6.45, 7) is 2.27. The summed E-state index contributed by atoms with van der Waals surface area (Å²) in [5.74, 6) is -2.67. The molecule has 1 N–H and O–H groups in total. The Morgan fingerprint density at radius 2 is 1.87 bits per heavy atom. The minimum absolute atomic E-state index is 0.0865. The lowest BCUT2D eigenvalue weighted by Gasteiger charge is -2.38. The third-order valence-electron chi connectivity index (χ3n) is 5.65. The summed E-state index contributed by atoms with van der Waals surface area (Å²) in [5.41, 5.74) is 0.241. The predicted molar refractivity (Wildman–Crippen MR) is 104 cm³/mol. The summed E-state index contributed by atoms with van der Waals surface area (Å²) in [6.07, 6.45) is 0.824. The molecule has 4 amide bonds. The first-order chi connectivity index (χ1) is 14.3. The lowest BCUT2D eigenvalue weighted by molar-refractivity contribution is -0.133. The van der Waals surface area contributed by atoms with Gasteiger partial charge in [-0.2, -0.15) is 0 Å². The van der Waals surface area contributed by atoms with Crippen molar-refractivity contribution in [1.82, 2.24) is 15.1 Å². The van der Waals surface area contributed by atoms with Gasteiger partial charge in [-0.05, 0) is 43.5 Å². The maximum atomic E-state index is 14.1. The van der Waals surface area contributed by atoms with Crippen LogP contribution in [0.4, 0.5) is 13.6 Å². The van der Waals surface area contributed by atoms with E-state index in [1.165, 1.54) is 4.90 Å². The Labute approximate surface area is 172 Å². The van der Waals surface area contributed by atoms with Gasteiger partial charge < -0.3 is 10.2 Å². The number of rotatable bonds is 3. The van der Waals surface area contributed by atoms with Crippen molar-refractivity contribution in [3.8, 4) is 0 Å². The van der Waals surface area contributed by atoms with E-state index < -0.39 is 35.0 Å². The number of hydrogen-bond donors (Lipinski definition) is 1. The van der Waals surface area contributed by atoms with Gasteiger partial charge in [0.15, 0.2) is 0 Å². The molecule has 1 spiro atoms. The number of halogens is 2. The van der Waals surface area contributed by atoms with Crippen LogP contribution in [0.5, 0.6) is 0 Å². The number of imide groups is 1. The summed E-state index contributed by atoms with van der Waals surface area (Å²) >= 11 is 0. The number of aryl methyl sites for hydroxylation is 1. The van der Waals surface area contributed by atoms with E-state index in [2.05, 4.69) is 5.32 Å². The van der Waals surface area contributed by atoms with Gasteiger partial charge in [0.1, 0.15) is 17.2 Å². The number of nitrogens with zero attached hydrogens (tertiary/aromatic N) is 2. The van der Waals surface area contributed by atoms with Crippen LogP contribution in [0.15, 0.2) is 42.5 Å². The fourth-order valence-corrected chi connectivity index (χ4v) is 4.03. The molecule has 8 heteroatoms. The molecule has 2 aliphatic rings. The largest absolute Gasteiger partial charge is 0.336 e. The lowest BCUT2D eigenvalue weighted by atomic mass is 9.88. The SMILES string of the molecule is Cc1ccc(CN2C(=O)NC3(CCCN(C(=O)c4cc(F)ccc4F)C3)C2=O)cc1. The highest BCUT2D eigenvalue weighted by atomic mass is 19.1. The first kappa shape index (κ1) is 20.0. The van der Waals surface area contributed by atoms with E-state index in [1.807, 2.05) is 31.2 Å². The van der Waals surface area contributed by atoms with Crippen LogP contribution in [0.2, 0.25) is 0 Å². The maximum absolute atomic E-state index is 14.1. The topological polar surface area (TPSA) is 69.7 Å². The molecule has 2 aliphatic heterocycles. The number of benzene rings is 2. The summed E-state index contributed by atoms with van der Waals surface area (Å²) in [6, 6.07) is 9.66. The minimum atomic E-state index is -1.25. The molecule has 0 aromatic heterocycles. The van der Waals surface area contributed by atoms with Crippen LogP contribution in [0.25, 0.3) is 0 Å². The van der Waals surface area contributed by atoms with E-state index >= 15 is 0 Å². The first-order valence-corrected chi connectivity index (χ1v) is 9.73. The molecule has 6 nitrogen and oxygen atoms in total. The zero-order valence-corrected chi connectivity index (χ0v) is 16.5. The Morgan fingerprint density at radius 1 is 1.13 bits per heavy atom. The zero-order valence-electron chi connectivity index (χ0n) is 16.5. The van der Waals surface area contributed by atoms with Crippen LogP contribution >= 0.6 is 0 Å². The van der Waals surface area contributed by atoms with Gasteiger partial charge in [-0.15, -0.1) is 0 Å². The van der Waals surface area contributed by atoms with Gasteiger partial charge in [-0.3, -0.25) is 14.5 Å². The first-order valence-electron chi connectivity index (χ1n) is 9.73. The van der Waals surface area contributed by atoms with Crippen molar-refractivity contribution in [2.24, 2.45) is 0 Å². The smallest absolute Gasteiger partial charge is 0.325 e. The molecule has 0 radical (unpaired) electrons. The highest BCUT2D eigenvalue weighted by Crippen LogP contribution is 2.30. The molecule has 156 valence electrons. The number of carbonyl (C=O) groups is 3. The molecule has 2 heterocycles. The highest BCUT2D eigenvalue weighted by Gasteiger charge is 2.53. The van der Waals surface area contributed by atoms with Crippen LogP contribution in [-0.4, -0.2) is 46.3 Å². The molecular formula is C22H21F2N3O3. The molecule has 4 rings (SSSR count). The van der Waals surface area contributed by atoms with Crippen LogP contribution in [0.1, 0.15) is 34.3 Å². The predicted octanol–water partition coefficient (Wildman–Crippen LogP) is 3.00. The van der Waals surface area contributed by atoms with Crippen molar-refractivity contribution in [2.75, 3.05) is 13.1 Å². The number of hydrogen-bond acceptors (Lipinski definition) is 3. The molecule has 2 saturated heterocycles. The molecule has 0 aliphatic carbocycles. The fourth-order valence-electron chi connectivity index (χ4n) is 4.03. The Balaban J connectivity index is 1.54. The normalized spacial score (nSPS) is 21.3. The molecule has 2 aromatic carbocycles. The van der Waals surface area contributed by atoms with Gasteiger partial charge in [-0.25, -0.2) is 13.6 Å². The van der Waals surface area contributed by atoms with E-state index in [9.17, 15) is 23.2 Å². The fraction of sp³-hybridized carbons (Fsp3) is 0.318. The van der Waals surface area contributed by atoms with E-state index in [0.29, 0.717) is 12.8 Å². The van der Waals surface area contributed by atoms with Gasteiger partial charge in [0.05, 0.1) is 18.7 Å². The number of carbonyl (C=O) groups excluding carboxylic acids is 3. The Hall–Kier alpha value is -3.29. The molecule has 0 saturated carbocycles. The molecule has 1 unspecified atom stereocenters. The number of nitrogens with one attached hydrogen (secondary N) is 1. The number of urea groups is 1. The van der Waals surface area contributed by atoms with Gasteiger partial charge in [0, 0.05) is 6.54 Å².